The van der Waals surface area contributed by atoms with E-state index < -0.39 is 0 Å². The first-order chi connectivity index (χ1) is 8.07. The van der Waals surface area contributed by atoms with Gasteiger partial charge in [0.05, 0.1) is 0 Å². The quantitative estimate of drug-likeness (QED) is 0.368. The fraction of sp³-hybridized carbons (Fsp3) is 0.562. The van der Waals surface area contributed by atoms with E-state index in [0.29, 0.717) is 15.8 Å². The molecule has 3 heteroatoms. The van der Waals surface area contributed by atoms with E-state index in [1.54, 1.807) is 0 Å². The first-order valence-electron chi connectivity index (χ1n) is 6.11. The molecule has 0 spiro atoms. The molecule has 19 heavy (non-hydrogen) atoms. The summed E-state index contributed by atoms with van der Waals surface area (Å²) in [6.07, 6.45) is 0. The van der Waals surface area contributed by atoms with Crippen molar-refractivity contribution in [2.45, 2.75) is 19.3 Å². The predicted octanol–water partition coefficient (Wildman–Crippen LogP) is 5.31. The van der Waals surface area contributed by atoms with Crippen molar-refractivity contribution < 1.29 is 16.5 Å². The van der Waals surface area contributed by atoms with E-state index in [1.807, 2.05) is 24.3 Å². The monoisotopic (exact) mass is 342 g/mol. The summed E-state index contributed by atoms with van der Waals surface area (Å²) in [6.45, 7) is 21.6. The van der Waals surface area contributed by atoms with Crippen LogP contribution in [0.1, 0.15) is 19.4 Å². The van der Waals surface area contributed by atoms with Crippen molar-refractivity contribution in [3.05, 3.63) is 42.8 Å². The molecule has 0 amide bonds. The number of hydrogen-bond acceptors (Lipinski definition) is 0. The van der Waals surface area contributed by atoms with Gasteiger partial charge in [-0.15, -0.1) is 15.8 Å². The fourth-order valence-corrected chi connectivity index (χ4v) is 0.814. The Morgan fingerprint density at radius 2 is 1.32 bits per heavy atom. The molecule has 1 aromatic rings. The molecule has 0 saturated heterocycles. The van der Waals surface area contributed by atoms with Gasteiger partial charge in [-0.3, -0.25) is 0 Å². The Hall–Kier alpha value is 0.574. The van der Waals surface area contributed by atoms with E-state index in [9.17, 15) is 0 Å². The van der Waals surface area contributed by atoms with Crippen LogP contribution in [0.15, 0.2) is 24.3 Å². The minimum atomic E-state index is -0.0126. The Labute approximate surface area is 134 Å². The number of benzene rings is 1. The average Bonchev–Trinajstić information content (AvgIpc) is 2.16. The molecular weight excluding hydrogens is 313 g/mol. The Bertz CT molecular complexity index is 265. The van der Waals surface area contributed by atoms with E-state index in [0.717, 1.165) is 5.56 Å². The van der Waals surface area contributed by atoms with E-state index in [1.165, 1.54) is 0 Å². The van der Waals surface area contributed by atoms with Crippen LogP contribution < -0.4 is 0 Å². The molecule has 0 saturated carbocycles. The molecule has 114 valence electrons. The maximum absolute atomic E-state index is 4.01. The second-order valence-corrected chi connectivity index (χ2v) is 11.2. The van der Waals surface area contributed by atoms with Gasteiger partial charge in [0.2, 0.25) is 0 Å². The van der Waals surface area contributed by atoms with Crippen LogP contribution in [0.4, 0.5) is 0 Å². The summed E-state index contributed by atoms with van der Waals surface area (Å²) in [5.41, 5.74) is 1.15. The SMILES string of the molecule is CP(C)C.CP(C)C.[CH2-]C(C)(C)c1[c-]cccc1.[Ni+2]. The van der Waals surface area contributed by atoms with Crippen molar-refractivity contribution in [2.24, 2.45) is 0 Å². The molecule has 0 aliphatic heterocycles. The van der Waals surface area contributed by atoms with Crippen LogP contribution >= 0.6 is 15.8 Å². The van der Waals surface area contributed by atoms with E-state index >= 15 is 0 Å². The molecule has 0 N–H and O–H groups in total. The van der Waals surface area contributed by atoms with Gasteiger partial charge < -0.3 is 6.92 Å². The molecule has 0 nitrogen and oxygen atoms in total. The summed E-state index contributed by atoms with van der Waals surface area (Å²) in [4.78, 5) is 0. The molecule has 0 atom stereocenters. The van der Waals surface area contributed by atoms with Gasteiger partial charge >= 0.3 is 16.5 Å². The van der Waals surface area contributed by atoms with Crippen LogP contribution in [-0.4, -0.2) is 40.0 Å². The second-order valence-electron chi connectivity index (χ2n) is 5.84. The summed E-state index contributed by atoms with van der Waals surface area (Å²) in [5.74, 6) is 0. The van der Waals surface area contributed by atoms with Crippen molar-refractivity contribution in [3.63, 3.8) is 0 Å². The molecule has 0 heterocycles. The second kappa shape index (κ2) is 13.6. The van der Waals surface area contributed by atoms with Crippen molar-refractivity contribution in [1.82, 2.24) is 0 Å². The maximum Gasteiger partial charge on any atom is 2.00 e. The molecule has 0 unspecified atom stereocenters. The van der Waals surface area contributed by atoms with Gasteiger partial charge in [-0.05, 0) is 40.0 Å². The Morgan fingerprint density at radius 3 is 1.47 bits per heavy atom. The normalized spacial score (nSPS) is 9.84. The molecular formula is C16H30NiP2. The molecule has 0 fully saturated rings. The predicted molar refractivity (Wildman–Crippen MR) is 93.0 cm³/mol. The Kier molecular flexibility index (Phi) is 17.5. The fourth-order valence-electron chi connectivity index (χ4n) is 0.814. The Morgan fingerprint density at radius 1 is 0.947 bits per heavy atom. The van der Waals surface area contributed by atoms with Gasteiger partial charge in [0.15, 0.2) is 0 Å². The van der Waals surface area contributed by atoms with E-state index in [4.69, 9.17) is 0 Å². The maximum atomic E-state index is 4.01. The third-order valence-electron chi connectivity index (χ3n) is 1.44. The average molecular weight is 343 g/mol. The van der Waals surface area contributed by atoms with Crippen molar-refractivity contribution in [2.75, 3.05) is 40.0 Å². The van der Waals surface area contributed by atoms with Crippen molar-refractivity contribution >= 4 is 15.8 Å². The molecule has 0 radical (unpaired) electrons. The van der Waals surface area contributed by atoms with Crippen LogP contribution in [-0.2, 0) is 21.9 Å². The minimum absolute atomic E-state index is 0. The first kappa shape index (κ1) is 24.6. The summed E-state index contributed by atoms with van der Waals surface area (Å²) in [6, 6.07) is 11.1. The number of hydrogen-bond donors (Lipinski definition) is 0. The van der Waals surface area contributed by atoms with Gasteiger partial charge in [-0.25, -0.2) is 0 Å². The Balaban J connectivity index is -0.000000242. The topological polar surface area (TPSA) is 0 Å². The molecule has 0 bridgehead atoms. The minimum Gasteiger partial charge on any atom is -0.335 e. The summed E-state index contributed by atoms with van der Waals surface area (Å²) < 4.78 is 0. The standard InChI is InChI=1S/C10H12.2C3H9P.Ni/c1-10(2,3)9-7-5-4-6-8-9;2*1-4(2)3;/h4-7H,1H2,2-3H3;2*1-3H3;/q-2;;;+2. The third kappa shape index (κ3) is 24.0. The number of rotatable bonds is 1. The smallest absolute Gasteiger partial charge is 0.335 e. The van der Waals surface area contributed by atoms with Gasteiger partial charge in [-0.1, -0.05) is 13.8 Å². The van der Waals surface area contributed by atoms with Crippen LogP contribution in [0.5, 0.6) is 0 Å². The molecule has 0 aromatic heterocycles. The van der Waals surface area contributed by atoms with Crippen molar-refractivity contribution in [1.29, 1.82) is 0 Å². The van der Waals surface area contributed by atoms with Gasteiger partial charge in [0.25, 0.3) is 0 Å². The van der Waals surface area contributed by atoms with Crippen LogP contribution in [0.2, 0.25) is 0 Å². The molecule has 0 aliphatic rings. The largest absolute Gasteiger partial charge is 2.00 e. The van der Waals surface area contributed by atoms with Crippen LogP contribution in [0.3, 0.4) is 0 Å². The molecule has 1 rings (SSSR count). The van der Waals surface area contributed by atoms with Gasteiger partial charge in [0.1, 0.15) is 0 Å². The molecule has 0 aliphatic carbocycles. The van der Waals surface area contributed by atoms with Crippen LogP contribution in [0.25, 0.3) is 0 Å². The molecule has 1 aromatic carbocycles. The van der Waals surface area contributed by atoms with Crippen LogP contribution in [0, 0.1) is 13.0 Å². The van der Waals surface area contributed by atoms with Gasteiger partial charge in [0, 0.05) is 0 Å². The summed E-state index contributed by atoms with van der Waals surface area (Å²) in [5, 5.41) is 0. The summed E-state index contributed by atoms with van der Waals surface area (Å²) in [7, 11) is 0.759. The van der Waals surface area contributed by atoms with Crippen molar-refractivity contribution in [3.8, 4) is 0 Å². The van der Waals surface area contributed by atoms with E-state index in [-0.39, 0.29) is 21.9 Å². The zero-order valence-electron chi connectivity index (χ0n) is 13.7. The zero-order chi connectivity index (χ0) is 14.8. The zero-order valence-corrected chi connectivity index (χ0v) is 16.5. The van der Waals surface area contributed by atoms with Gasteiger partial charge in [-0.2, -0.15) is 41.3 Å². The summed E-state index contributed by atoms with van der Waals surface area (Å²) >= 11 is 0. The first-order valence-corrected chi connectivity index (χ1v) is 11.5. The third-order valence-corrected chi connectivity index (χ3v) is 1.44. The van der Waals surface area contributed by atoms with E-state index in [2.05, 4.69) is 66.8 Å².